The van der Waals surface area contributed by atoms with E-state index in [1.54, 1.807) is 25.1 Å². The first-order valence-corrected chi connectivity index (χ1v) is 8.47. The number of aryl methyl sites for hydroxylation is 2. The number of hydrogen-bond donors (Lipinski definition) is 2. The molecular formula is C14H15N3O2S2. The van der Waals surface area contributed by atoms with Gasteiger partial charge in [-0.15, -0.1) is 11.3 Å². The maximum absolute atomic E-state index is 12.2. The summed E-state index contributed by atoms with van der Waals surface area (Å²) in [7, 11) is -3.59. The van der Waals surface area contributed by atoms with E-state index >= 15 is 0 Å². The smallest absolute Gasteiger partial charge is 0.273 e. The fourth-order valence-corrected chi connectivity index (χ4v) is 3.84. The summed E-state index contributed by atoms with van der Waals surface area (Å²) in [6.07, 6.45) is 1.36. The second kappa shape index (κ2) is 6.26. The molecule has 2 rings (SSSR count). The molecule has 0 saturated carbocycles. The van der Waals surface area contributed by atoms with E-state index < -0.39 is 10.0 Å². The number of anilines is 1. The standard InChI is InChI=1S/C14H15N3O2S2/c1-10-8-13(6-5-12(10)4-3-7-15)17-21(18,19)14-9-16-11(2)20-14/h5-6,8-9,17H,7,15H2,1-2H3. The van der Waals surface area contributed by atoms with Gasteiger partial charge in [-0.3, -0.25) is 4.72 Å². The molecule has 1 heterocycles. The number of thiazole rings is 1. The highest BCUT2D eigenvalue weighted by Crippen LogP contribution is 2.22. The lowest BCUT2D eigenvalue weighted by Crippen LogP contribution is -2.11. The van der Waals surface area contributed by atoms with Gasteiger partial charge in [0.25, 0.3) is 10.0 Å². The number of aromatic nitrogens is 1. The van der Waals surface area contributed by atoms with Crippen LogP contribution in [0.25, 0.3) is 0 Å². The maximum atomic E-state index is 12.2. The third kappa shape index (κ3) is 3.82. The first-order chi connectivity index (χ1) is 9.92. The molecule has 0 amide bonds. The van der Waals surface area contributed by atoms with Crippen molar-refractivity contribution in [3.63, 3.8) is 0 Å². The lowest BCUT2D eigenvalue weighted by atomic mass is 10.1. The van der Waals surface area contributed by atoms with E-state index in [1.807, 2.05) is 6.92 Å². The van der Waals surface area contributed by atoms with Crippen LogP contribution in [0.1, 0.15) is 16.1 Å². The van der Waals surface area contributed by atoms with Crippen LogP contribution in [-0.4, -0.2) is 19.9 Å². The topological polar surface area (TPSA) is 85.1 Å². The summed E-state index contributed by atoms with van der Waals surface area (Å²) in [5.74, 6) is 5.71. The summed E-state index contributed by atoms with van der Waals surface area (Å²) in [4.78, 5) is 3.96. The summed E-state index contributed by atoms with van der Waals surface area (Å²) in [6.45, 7) is 3.92. The van der Waals surface area contributed by atoms with Gasteiger partial charge in [0.1, 0.15) is 0 Å². The normalized spacial score (nSPS) is 10.8. The molecular weight excluding hydrogens is 306 g/mol. The van der Waals surface area contributed by atoms with Crippen LogP contribution in [0.5, 0.6) is 0 Å². The molecule has 0 spiro atoms. The van der Waals surface area contributed by atoms with Crippen LogP contribution < -0.4 is 10.5 Å². The Hall–Kier alpha value is -1.88. The number of nitrogens with two attached hydrogens (primary N) is 1. The molecule has 0 radical (unpaired) electrons. The van der Waals surface area contributed by atoms with Gasteiger partial charge in [0.15, 0.2) is 4.21 Å². The van der Waals surface area contributed by atoms with Crippen molar-refractivity contribution in [3.05, 3.63) is 40.5 Å². The van der Waals surface area contributed by atoms with Gasteiger partial charge in [0.2, 0.25) is 0 Å². The second-order valence-corrected chi connectivity index (χ2v) is 7.48. The van der Waals surface area contributed by atoms with Crippen LogP contribution in [0.3, 0.4) is 0 Å². The van der Waals surface area contributed by atoms with Crippen molar-refractivity contribution in [3.8, 4) is 11.8 Å². The van der Waals surface area contributed by atoms with Crippen LogP contribution in [0.4, 0.5) is 5.69 Å². The van der Waals surface area contributed by atoms with E-state index in [2.05, 4.69) is 21.5 Å². The fourth-order valence-electron chi connectivity index (χ4n) is 1.69. The number of sulfonamides is 1. The van der Waals surface area contributed by atoms with Crippen molar-refractivity contribution >= 4 is 27.0 Å². The quantitative estimate of drug-likeness (QED) is 0.845. The number of nitrogens with one attached hydrogen (secondary N) is 1. The van der Waals surface area contributed by atoms with E-state index in [1.165, 1.54) is 6.20 Å². The van der Waals surface area contributed by atoms with Gasteiger partial charge < -0.3 is 5.73 Å². The average Bonchev–Trinajstić information content (AvgIpc) is 2.85. The van der Waals surface area contributed by atoms with Crippen LogP contribution in [0.15, 0.2) is 28.6 Å². The molecule has 21 heavy (non-hydrogen) atoms. The van der Waals surface area contributed by atoms with Gasteiger partial charge in [-0.25, -0.2) is 13.4 Å². The predicted octanol–water partition coefficient (Wildman–Crippen LogP) is 1.87. The monoisotopic (exact) mass is 321 g/mol. The van der Waals surface area contributed by atoms with Crippen molar-refractivity contribution in [2.24, 2.45) is 5.73 Å². The number of hydrogen-bond acceptors (Lipinski definition) is 5. The molecule has 0 fully saturated rings. The van der Waals surface area contributed by atoms with E-state index in [9.17, 15) is 8.42 Å². The third-order valence-electron chi connectivity index (χ3n) is 2.67. The van der Waals surface area contributed by atoms with Gasteiger partial charge in [-0.05, 0) is 37.6 Å². The van der Waals surface area contributed by atoms with Gasteiger partial charge in [-0.2, -0.15) is 0 Å². The Morgan fingerprint density at radius 3 is 2.71 bits per heavy atom. The minimum atomic E-state index is -3.59. The van der Waals surface area contributed by atoms with Crippen molar-refractivity contribution in [1.82, 2.24) is 4.98 Å². The Morgan fingerprint density at radius 2 is 2.14 bits per heavy atom. The zero-order chi connectivity index (χ0) is 15.5. The molecule has 3 N–H and O–H groups in total. The van der Waals surface area contributed by atoms with Crippen molar-refractivity contribution < 1.29 is 8.42 Å². The fraction of sp³-hybridized carbons (Fsp3) is 0.214. The Labute approximate surface area is 128 Å². The van der Waals surface area contributed by atoms with Crippen molar-refractivity contribution in [2.75, 3.05) is 11.3 Å². The predicted molar refractivity (Wildman–Crippen MR) is 84.8 cm³/mol. The zero-order valence-electron chi connectivity index (χ0n) is 11.7. The van der Waals surface area contributed by atoms with Crippen LogP contribution in [0.2, 0.25) is 0 Å². The Kier molecular flexibility index (Phi) is 4.63. The summed E-state index contributed by atoms with van der Waals surface area (Å²) in [5.41, 5.74) is 7.55. The average molecular weight is 321 g/mol. The highest BCUT2D eigenvalue weighted by Gasteiger charge is 2.17. The van der Waals surface area contributed by atoms with Gasteiger partial charge in [-0.1, -0.05) is 11.8 Å². The molecule has 0 aliphatic rings. The second-order valence-electron chi connectivity index (χ2n) is 4.34. The minimum Gasteiger partial charge on any atom is -0.320 e. The SMILES string of the molecule is Cc1ncc(S(=O)(=O)Nc2ccc(C#CCN)c(C)c2)s1. The number of benzene rings is 1. The van der Waals surface area contributed by atoms with E-state index in [0.29, 0.717) is 17.2 Å². The highest BCUT2D eigenvalue weighted by atomic mass is 32.2. The number of nitrogens with zero attached hydrogens (tertiary/aromatic N) is 1. The lowest BCUT2D eigenvalue weighted by molar-refractivity contribution is 0.603. The lowest BCUT2D eigenvalue weighted by Gasteiger charge is -2.07. The van der Waals surface area contributed by atoms with Gasteiger partial charge >= 0.3 is 0 Å². The molecule has 1 aromatic heterocycles. The molecule has 0 unspecified atom stereocenters. The van der Waals surface area contributed by atoms with Gasteiger partial charge in [0.05, 0.1) is 17.7 Å². The van der Waals surface area contributed by atoms with Crippen LogP contribution in [-0.2, 0) is 10.0 Å². The molecule has 7 heteroatoms. The number of rotatable bonds is 3. The molecule has 0 atom stereocenters. The molecule has 1 aromatic carbocycles. The Balaban J connectivity index is 2.26. The Morgan fingerprint density at radius 1 is 1.38 bits per heavy atom. The Bertz CT molecular complexity index is 814. The van der Waals surface area contributed by atoms with E-state index in [0.717, 1.165) is 22.5 Å². The molecule has 110 valence electrons. The van der Waals surface area contributed by atoms with Gasteiger partial charge in [0, 0.05) is 11.3 Å². The first kappa shape index (κ1) is 15.5. The molecule has 0 saturated heterocycles. The summed E-state index contributed by atoms with van der Waals surface area (Å²) >= 11 is 1.13. The molecule has 0 aliphatic carbocycles. The first-order valence-electron chi connectivity index (χ1n) is 6.17. The van der Waals surface area contributed by atoms with E-state index in [4.69, 9.17) is 5.73 Å². The summed E-state index contributed by atoms with van der Waals surface area (Å²) < 4.78 is 27.1. The minimum absolute atomic E-state index is 0.199. The zero-order valence-corrected chi connectivity index (χ0v) is 13.3. The van der Waals surface area contributed by atoms with Crippen molar-refractivity contribution in [2.45, 2.75) is 18.1 Å². The molecule has 2 aromatic rings. The highest BCUT2D eigenvalue weighted by molar-refractivity contribution is 7.94. The molecule has 0 aliphatic heterocycles. The molecule has 5 nitrogen and oxygen atoms in total. The maximum Gasteiger partial charge on any atom is 0.273 e. The van der Waals surface area contributed by atoms with Crippen LogP contribution >= 0.6 is 11.3 Å². The van der Waals surface area contributed by atoms with E-state index in [-0.39, 0.29) is 4.21 Å². The summed E-state index contributed by atoms with van der Waals surface area (Å²) in [6, 6.07) is 5.19. The third-order valence-corrected chi connectivity index (χ3v) is 5.42. The largest absolute Gasteiger partial charge is 0.320 e. The van der Waals surface area contributed by atoms with Crippen LogP contribution in [0, 0.1) is 25.7 Å². The summed E-state index contributed by atoms with van der Waals surface area (Å²) in [5, 5.41) is 0.707. The van der Waals surface area contributed by atoms with Crippen molar-refractivity contribution in [1.29, 1.82) is 0 Å². The molecule has 0 bridgehead atoms.